The van der Waals surface area contributed by atoms with Gasteiger partial charge in [-0.25, -0.2) is 0 Å². The number of ether oxygens (including phenoxy) is 1. The molecule has 27 heavy (non-hydrogen) atoms. The van der Waals surface area contributed by atoms with Gasteiger partial charge in [0.05, 0.1) is 5.56 Å². The molecule has 2 rings (SSSR count). The molecule has 2 aromatic carbocycles. The van der Waals surface area contributed by atoms with Gasteiger partial charge in [-0.15, -0.1) is 13.2 Å². The summed E-state index contributed by atoms with van der Waals surface area (Å²) in [4.78, 5) is 0.824. The topological polar surface area (TPSA) is 33.0 Å². The van der Waals surface area contributed by atoms with Crippen LogP contribution in [0, 0.1) is 18.3 Å². The molecule has 2 nitrogen and oxygen atoms in total. The van der Waals surface area contributed by atoms with Crippen molar-refractivity contribution in [2.24, 2.45) is 0 Å². The van der Waals surface area contributed by atoms with Crippen molar-refractivity contribution in [1.29, 1.82) is 5.26 Å². The van der Waals surface area contributed by atoms with Gasteiger partial charge in [0.2, 0.25) is 0 Å². The van der Waals surface area contributed by atoms with Crippen molar-refractivity contribution in [3.8, 4) is 22.9 Å². The van der Waals surface area contributed by atoms with Crippen molar-refractivity contribution in [3.05, 3.63) is 56.9 Å². The summed E-state index contributed by atoms with van der Waals surface area (Å²) in [5.74, 6) is -0.271. The van der Waals surface area contributed by atoms with Crippen LogP contribution in [0.2, 0.25) is 0 Å². The number of thioether (sulfide) groups is 1. The van der Waals surface area contributed by atoms with Crippen LogP contribution >= 0.6 is 27.7 Å². The van der Waals surface area contributed by atoms with Crippen LogP contribution < -0.4 is 4.74 Å². The molecule has 0 atom stereocenters. The van der Waals surface area contributed by atoms with Gasteiger partial charge in [0.15, 0.2) is 0 Å². The fourth-order valence-corrected chi connectivity index (χ4v) is 4.05. The van der Waals surface area contributed by atoms with Gasteiger partial charge in [-0.3, -0.25) is 0 Å². The standard InChI is InChI=1S/C20H17BrF3NOS/c1-4-12(2)11-27-19-13(3)16(9-18(21)17(19)10-25)14-5-7-15(8-6-14)26-20(22,23)24/h5-9,11H,4H2,1-3H3/b12-11+. The molecule has 0 N–H and O–H groups in total. The molecule has 0 amide bonds. The smallest absolute Gasteiger partial charge is 0.406 e. The van der Waals surface area contributed by atoms with E-state index in [1.165, 1.54) is 29.5 Å². The second-order valence-corrected chi connectivity index (χ2v) is 7.59. The molecule has 142 valence electrons. The van der Waals surface area contributed by atoms with Crippen molar-refractivity contribution in [2.45, 2.75) is 38.4 Å². The molecule has 0 aliphatic rings. The number of halogens is 4. The van der Waals surface area contributed by atoms with E-state index in [9.17, 15) is 18.4 Å². The molecule has 0 aromatic heterocycles. The van der Waals surface area contributed by atoms with Crippen LogP contribution in [-0.4, -0.2) is 6.36 Å². The molecule has 2 aromatic rings. The van der Waals surface area contributed by atoms with E-state index in [1.54, 1.807) is 12.1 Å². The fraction of sp³-hybridized carbons (Fsp3) is 0.250. The first-order chi connectivity index (χ1) is 12.7. The summed E-state index contributed by atoms with van der Waals surface area (Å²) in [6.07, 6.45) is -3.81. The molecule has 0 unspecified atom stereocenters. The van der Waals surface area contributed by atoms with Gasteiger partial charge < -0.3 is 4.74 Å². The Kier molecular flexibility index (Phi) is 7.01. The van der Waals surface area contributed by atoms with E-state index in [1.807, 2.05) is 25.3 Å². The fourth-order valence-electron chi connectivity index (χ4n) is 2.36. The Labute approximate surface area is 169 Å². The first-order valence-electron chi connectivity index (χ1n) is 8.08. The van der Waals surface area contributed by atoms with Crippen molar-refractivity contribution in [3.63, 3.8) is 0 Å². The molecule has 0 spiro atoms. The third-order valence-electron chi connectivity index (χ3n) is 3.93. The number of allylic oxidation sites excluding steroid dienone is 1. The van der Waals surface area contributed by atoms with Gasteiger partial charge in [0, 0.05) is 9.37 Å². The minimum Gasteiger partial charge on any atom is -0.406 e. The van der Waals surface area contributed by atoms with Gasteiger partial charge >= 0.3 is 6.36 Å². The summed E-state index contributed by atoms with van der Waals surface area (Å²) in [5, 5.41) is 11.5. The monoisotopic (exact) mass is 455 g/mol. The Hall–Kier alpha value is -1.91. The maximum atomic E-state index is 12.3. The highest BCUT2D eigenvalue weighted by Crippen LogP contribution is 2.39. The molecule has 0 radical (unpaired) electrons. The van der Waals surface area contributed by atoms with Crippen LogP contribution in [0.3, 0.4) is 0 Å². The van der Waals surface area contributed by atoms with E-state index < -0.39 is 6.36 Å². The highest BCUT2D eigenvalue weighted by atomic mass is 79.9. The Balaban J connectivity index is 2.49. The van der Waals surface area contributed by atoms with E-state index in [4.69, 9.17) is 0 Å². The number of nitrogens with zero attached hydrogens (tertiary/aromatic N) is 1. The molecular weight excluding hydrogens is 439 g/mol. The van der Waals surface area contributed by atoms with Gasteiger partial charge in [-0.05, 0) is 76.5 Å². The minimum absolute atomic E-state index is 0.271. The number of hydrogen-bond acceptors (Lipinski definition) is 3. The quantitative estimate of drug-likeness (QED) is 0.435. The molecule has 0 bridgehead atoms. The van der Waals surface area contributed by atoms with Crippen LogP contribution in [0.25, 0.3) is 11.1 Å². The molecular formula is C20H17BrF3NOS. The van der Waals surface area contributed by atoms with E-state index in [0.29, 0.717) is 10.0 Å². The van der Waals surface area contributed by atoms with Crippen molar-refractivity contribution < 1.29 is 17.9 Å². The highest BCUT2D eigenvalue weighted by molar-refractivity contribution is 9.10. The van der Waals surface area contributed by atoms with Gasteiger partial charge in [0.1, 0.15) is 11.8 Å². The predicted molar refractivity (Wildman–Crippen MR) is 106 cm³/mol. The second-order valence-electron chi connectivity index (χ2n) is 5.85. The van der Waals surface area contributed by atoms with Gasteiger partial charge in [0.25, 0.3) is 0 Å². The molecule has 0 saturated heterocycles. The molecule has 0 saturated carbocycles. The van der Waals surface area contributed by atoms with E-state index >= 15 is 0 Å². The zero-order chi connectivity index (χ0) is 20.2. The Bertz CT molecular complexity index is 899. The average Bonchev–Trinajstić information content (AvgIpc) is 2.61. The highest BCUT2D eigenvalue weighted by Gasteiger charge is 2.31. The number of hydrogen-bond donors (Lipinski definition) is 0. The summed E-state index contributed by atoms with van der Waals surface area (Å²) in [5.41, 5.74) is 4.20. The van der Waals surface area contributed by atoms with E-state index in [0.717, 1.165) is 28.0 Å². The van der Waals surface area contributed by atoms with Crippen molar-refractivity contribution in [1.82, 2.24) is 0 Å². The summed E-state index contributed by atoms with van der Waals surface area (Å²) >= 11 is 4.91. The minimum atomic E-state index is -4.72. The second kappa shape index (κ2) is 8.85. The predicted octanol–water partition coefficient (Wildman–Crippen LogP) is 7.60. The lowest BCUT2D eigenvalue weighted by molar-refractivity contribution is -0.274. The third kappa shape index (κ3) is 5.53. The molecule has 0 heterocycles. The Morgan fingerprint density at radius 2 is 1.93 bits per heavy atom. The van der Waals surface area contributed by atoms with Crippen LogP contribution in [-0.2, 0) is 0 Å². The lowest BCUT2D eigenvalue weighted by Gasteiger charge is -2.15. The van der Waals surface area contributed by atoms with Crippen LogP contribution in [0.15, 0.2) is 50.7 Å². The maximum absolute atomic E-state index is 12.3. The third-order valence-corrected chi connectivity index (χ3v) is 5.82. The van der Waals surface area contributed by atoms with E-state index in [-0.39, 0.29) is 5.75 Å². The first kappa shape index (κ1) is 21.4. The van der Waals surface area contributed by atoms with Crippen LogP contribution in [0.1, 0.15) is 31.4 Å². The zero-order valence-electron chi connectivity index (χ0n) is 14.9. The molecule has 7 heteroatoms. The van der Waals surface area contributed by atoms with Gasteiger partial charge in [-0.2, -0.15) is 5.26 Å². The molecule has 0 aliphatic heterocycles. The SMILES string of the molecule is CC/C(C)=C/Sc1c(C)c(-c2ccc(OC(F)(F)F)cc2)cc(Br)c1C#N. The van der Waals surface area contributed by atoms with E-state index in [2.05, 4.69) is 33.7 Å². The largest absolute Gasteiger partial charge is 0.573 e. The summed E-state index contributed by atoms with van der Waals surface area (Å²) in [7, 11) is 0. The maximum Gasteiger partial charge on any atom is 0.573 e. The Morgan fingerprint density at radius 3 is 2.44 bits per heavy atom. The average molecular weight is 456 g/mol. The van der Waals surface area contributed by atoms with Gasteiger partial charge in [-0.1, -0.05) is 36.4 Å². The van der Waals surface area contributed by atoms with Crippen LogP contribution in [0.4, 0.5) is 13.2 Å². The molecule has 0 aliphatic carbocycles. The number of benzene rings is 2. The Morgan fingerprint density at radius 1 is 1.30 bits per heavy atom. The van der Waals surface area contributed by atoms with Crippen LogP contribution in [0.5, 0.6) is 5.75 Å². The number of nitriles is 1. The number of alkyl halides is 3. The summed E-state index contributed by atoms with van der Waals surface area (Å²) < 4.78 is 41.6. The first-order valence-corrected chi connectivity index (χ1v) is 9.75. The normalized spacial score (nSPS) is 12.0. The lowest BCUT2D eigenvalue weighted by atomic mass is 9.98. The number of rotatable bonds is 5. The zero-order valence-corrected chi connectivity index (χ0v) is 17.3. The van der Waals surface area contributed by atoms with Crippen molar-refractivity contribution >= 4 is 27.7 Å². The molecule has 0 fully saturated rings. The van der Waals surface area contributed by atoms with Crippen molar-refractivity contribution in [2.75, 3.05) is 0 Å². The lowest BCUT2D eigenvalue weighted by Crippen LogP contribution is -2.16. The summed E-state index contributed by atoms with van der Waals surface area (Å²) in [6.45, 7) is 5.98. The summed E-state index contributed by atoms with van der Waals surface area (Å²) in [6, 6.07) is 9.74.